The van der Waals surface area contributed by atoms with Crippen LogP contribution in [0.1, 0.15) is 596 Å². The van der Waals surface area contributed by atoms with Gasteiger partial charge in [-0.05, 0) is 0 Å². The number of unbranched alkanes of at least 4 members (excludes halogenated alkanes) is 36. The van der Waals surface area contributed by atoms with Crippen LogP contribution in [0.3, 0.4) is 0 Å². The van der Waals surface area contributed by atoms with E-state index in [2.05, 4.69) is 249 Å². The van der Waals surface area contributed by atoms with Crippen LogP contribution in [0.4, 0.5) is 0 Å². The van der Waals surface area contributed by atoms with Crippen molar-refractivity contribution in [3.05, 3.63) is 0 Å². The Balaban J connectivity index is -0.0000000355. The fraction of sp³-hybridized carbons (Fsp3) is 1.00. The Bertz CT molecular complexity index is 368. The van der Waals surface area contributed by atoms with Gasteiger partial charge in [0.05, 0.1) is 0 Å². The second-order valence-electron chi connectivity index (χ2n) is 24.4. The van der Waals surface area contributed by atoms with Gasteiger partial charge in [-0.15, -0.1) is 0 Å². The Hall–Kier alpha value is -0.0400. The Morgan fingerprint density at radius 3 is 0.0879 bits per heavy atom. The summed E-state index contributed by atoms with van der Waals surface area (Å²) in [7, 11) is 0. The quantitative estimate of drug-likeness (QED) is 0.0599. The molecule has 0 amide bonds. The zero-order valence-electron chi connectivity index (χ0n) is 74.7. The maximum Gasteiger partial charge on any atom is -0.0538 e. The van der Waals surface area contributed by atoms with E-state index in [-0.39, 0.29) is 5.48 Å². The predicted octanol–water partition coefficient (Wildman–Crippen LogP) is 38.7. The van der Waals surface area contributed by atoms with Gasteiger partial charge < -0.3 is 5.48 Å². The highest BCUT2D eigenvalue weighted by Gasteiger charge is 1.76. The SMILES string of the molecule is CCCCC.CCCCC.CCCCC.CCCCC.CCCCC.CCCCC.CCCCC.CCCCC.CCCCC.CCCCC.CCCCC.CCCCC.CCCCC.CCCCC.CCCCC.CCCCC.CCCCC.CCCCC.O. The smallest absolute Gasteiger partial charge is 0.0538 e. The molecule has 0 aliphatic heterocycles. The zero-order valence-corrected chi connectivity index (χ0v) is 74.7. The molecule has 0 aliphatic rings. The van der Waals surface area contributed by atoms with E-state index < -0.39 is 0 Å². The first-order valence-corrected chi connectivity index (χ1v) is 43.5. The van der Waals surface area contributed by atoms with Gasteiger partial charge in [0.1, 0.15) is 0 Å². The number of hydrogen-bond donors (Lipinski definition) is 0. The Kier molecular flexibility index (Phi) is 382. The van der Waals surface area contributed by atoms with Gasteiger partial charge in [0, 0.05) is 0 Å². The Morgan fingerprint density at radius 1 is 0.0659 bits per heavy atom. The average molecular weight is 1320 g/mol. The summed E-state index contributed by atoms with van der Waals surface area (Å²) in [5, 5.41) is 0. The maximum absolute atomic E-state index is 2.21. The summed E-state index contributed by atoms with van der Waals surface area (Å²) in [4.78, 5) is 0. The van der Waals surface area contributed by atoms with Crippen LogP contribution in [0, 0.1) is 0 Å². The van der Waals surface area contributed by atoms with E-state index in [1.54, 1.807) is 0 Å². The number of hydrogen-bond acceptors (Lipinski definition) is 0. The van der Waals surface area contributed by atoms with Gasteiger partial charge in [0.15, 0.2) is 0 Å². The summed E-state index contributed by atoms with van der Waals surface area (Å²) >= 11 is 0. The molecule has 0 heterocycles. The minimum absolute atomic E-state index is 0. The average Bonchev–Trinajstić information content (AvgIpc) is 3.53. The van der Waals surface area contributed by atoms with Crippen LogP contribution in [0.5, 0.6) is 0 Å². The molecule has 0 unspecified atom stereocenters. The molecule has 0 aromatic heterocycles. The fourth-order valence-corrected chi connectivity index (χ4v) is 6.36. The van der Waals surface area contributed by atoms with E-state index in [9.17, 15) is 0 Å². The predicted molar refractivity (Wildman–Crippen MR) is 457 cm³/mol. The Labute approximate surface area is 598 Å². The third kappa shape index (κ3) is 538. The lowest BCUT2D eigenvalue weighted by atomic mass is 10.3. The van der Waals surface area contributed by atoms with Crippen molar-refractivity contribution in [1.29, 1.82) is 0 Å². The molecule has 0 atom stereocenters. The molecule has 0 aliphatic carbocycles. The van der Waals surface area contributed by atoms with Crippen molar-refractivity contribution in [2.75, 3.05) is 0 Å². The molecule has 0 aromatic carbocycles. The van der Waals surface area contributed by atoms with Gasteiger partial charge in [-0.25, -0.2) is 0 Å². The van der Waals surface area contributed by atoms with Crippen molar-refractivity contribution >= 4 is 0 Å². The largest absolute Gasteiger partial charge is 0.412 e. The standard InChI is InChI=1S/18C5H12.H2O/c18*1-3-5-4-2;/h18*3-5H2,1-2H3;1H2. The molecule has 584 valence electrons. The van der Waals surface area contributed by atoms with Crippen molar-refractivity contribution in [3.63, 3.8) is 0 Å². The van der Waals surface area contributed by atoms with E-state index in [0.717, 1.165) is 0 Å². The van der Waals surface area contributed by atoms with Crippen molar-refractivity contribution in [3.8, 4) is 0 Å². The normalized spacial score (nSPS) is 8.31. The highest BCUT2D eigenvalue weighted by atomic mass is 16.0. The summed E-state index contributed by atoms with van der Waals surface area (Å²) in [5.41, 5.74) is 0. The molecule has 0 spiro atoms. The molecular weight excluding hydrogens is 1100 g/mol. The molecular formula is C90H218O. The zero-order chi connectivity index (χ0) is 74.2. The maximum atomic E-state index is 2.21. The third-order valence-electron chi connectivity index (χ3n) is 12.7. The van der Waals surface area contributed by atoms with E-state index in [1.165, 1.54) is 347 Å². The van der Waals surface area contributed by atoms with Crippen LogP contribution in [-0.2, 0) is 0 Å². The van der Waals surface area contributed by atoms with E-state index in [4.69, 9.17) is 0 Å². The highest BCUT2D eigenvalue weighted by molar-refractivity contribution is 4.32. The van der Waals surface area contributed by atoms with E-state index in [0.29, 0.717) is 0 Å². The molecule has 0 rings (SSSR count). The summed E-state index contributed by atoms with van der Waals surface area (Å²) in [6, 6.07) is 0. The lowest BCUT2D eigenvalue weighted by Crippen LogP contribution is -1.59. The summed E-state index contributed by atoms with van der Waals surface area (Å²) in [6.45, 7) is 79.6. The fourth-order valence-electron chi connectivity index (χ4n) is 6.36. The molecule has 1 nitrogen and oxygen atoms in total. The van der Waals surface area contributed by atoms with Gasteiger partial charge in [0.25, 0.3) is 0 Å². The van der Waals surface area contributed by atoms with Crippen LogP contribution >= 0.6 is 0 Å². The van der Waals surface area contributed by atoms with E-state index in [1.807, 2.05) is 0 Å². The summed E-state index contributed by atoms with van der Waals surface area (Å²) in [5.74, 6) is 0. The molecule has 0 fully saturated rings. The molecule has 0 saturated carbocycles. The first-order chi connectivity index (χ1) is 43.5. The lowest BCUT2D eigenvalue weighted by molar-refractivity contribution is 0.772. The van der Waals surface area contributed by atoms with Gasteiger partial charge in [-0.1, -0.05) is 596 Å². The lowest BCUT2D eigenvalue weighted by Gasteiger charge is -1.79. The molecule has 0 bridgehead atoms. The van der Waals surface area contributed by atoms with Gasteiger partial charge >= 0.3 is 0 Å². The molecule has 1 heteroatoms. The summed E-state index contributed by atoms with van der Waals surface area (Å²) in [6.07, 6.45) is 73.4. The first-order valence-electron chi connectivity index (χ1n) is 43.5. The molecule has 0 radical (unpaired) electrons. The molecule has 91 heavy (non-hydrogen) atoms. The van der Waals surface area contributed by atoms with Crippen molar-refractivity contribution in [2.45, 2.75) is 596 Å². The Morgan fingerprint density at radius 2 is 0.0879 bits per heavy atom. The van der Waals surface area contributed by atoms with Crippen LogP contribution in [0.25, 0.3) is 0 Å². The van der Waals surface area contributed by atoms with Crippen LogP contribution < -0.4 is 0 Å². The molecule has 2 N–H and O–H groups in total. The van der Waals surface area contributed by atoms with Crippen LogP contribution in [0.2, 0.25) is 0 Å². The third-order valence-corrected chi connectivity index (χ3v) is 12.7. The molecule has 0 aromatic rings. The second-order valence-corrected chi connectivity index (χ2v) is 24.4. The van der Waals surface area contributed by atoms with Gasteiger partial charge in [-0.2, -0.15) is 0 Å². The number of rotatable bonds is 36. The topological polar surface area (TPSA) is 31.5 Å². The second kappa shape index (κ2) is 245. The highest BCUT2D eigenvalue weighted by Crippen LogP contribution is 1.96. The monoisotopic (exact) mass is 1320 g/mol. The minimum atomic E-state index is 0. The first kappa shape index (κ1) is 142. The van der Waals surface area contributed by atoms with Crippen LogP contribution in [0.15, 0.2) is 0 Å². The van der Waals surface area contributed by atoms with Crippen molar-refractivity contribution < 1.29 is 5.48 Å². The molecule has 0 saturated heterocycles. The van der Waals surface area contributed by atoms with Gasteiger partial charge in [-0.3, -0.25) is 0 Å². The van der Waals surface area contributed by atoms with Crippen molar-refractivity contribution in [2.24, 2.45) is 0 Å². The van der Waals surface area contributed by atoms with Crippen LogP contribution in [-0.4, -0.2) is 5.48 Å². The van der Waals surface area contributed by atoms with Gasteiger partial charge in [0.2, 0.25) is 0 Å². The minimum Gasteiger partial charge on any atom is -0.412 e. The van der Waals surface area contributed by atoms with E-state index >= 15 is 0 Å². The van der Waals surface area contributed by atoms with Crippen molar-refractivity contribution in [1.82, 2.24) is 0 Å². The summed E-state index contributed by atoms with van der Waals surface area (Å²) < 4.78 is 0.